The number of rotatable bonds is 3. The van der Waals surface area contributed by atoms with E-state index in [0.717, 1.165) is 24.6 Å². The van der Waals surface area contributed by atoms with Gasteiger partial charge < -0.3 is 10.0 Å². The van der Waals surface area contributed by atoms with Crippen LogP contribution in [0.25, 0.3) is 0 Å². The van der Waals surface area contributed by atoms with Crippen LogP contribution < -0.4 is 0 Å². The largest absolute Gasteiger partial charge is 0.480 e. The topological polar surface area (TPSA) is 83.4 Å². The number of carboxylic acid groups (broad SMARTS) is 1. The third-order valence-electron chi connectivity index (χ3n) is 3.16. The molecule has 1 aliphatic carbocycles. The lowest BCUT2D eigenvalue weighted by molar-refractivity contribution is -0.141. The molecule has 1 saturated heterocycles. The Morgan fingerprint density at radius 2 is 2.22 bits per heavy atom. The van der Waals surface area contributed by atoms with Crippen molar-refractivity contribution < 1.29 is 14.7 Å². The zero-order chi connectivity index (χ0) is 12.7. The van der Waals surface area contributed by atoms with Crippen molar-refractivity contribution in [3.8, 4) is 0 Å². The van der Waals surface area contributed by atoms with E-state index in [4.69, 9.17) is 0 Å². The molecule has 1 amide bonds. The van der Waals surface area contributed by atoms with E-state index in [1.165, 1.54) is 11.1 Å². The number of carboxylic acids is 1. The maximum absolute atomic E-state index is 12.3. The van der Waals surface area contributed by atoms with Crippen LogP contribution >= 0.6 is 23.5 Å². The Labute approximate surface area is 112 Å². The predicted molar refractivity (Wildman–Crippen MR) is 66.5 cm³/mol. The minimum Gasteiger partial charge on any atom is -0.480 e. The fourth-order valence-corrected chi connectivity index (χ4v) is 4.15. The van der Waals surface area contributed by atoms with Crippen LogP contribution in [0.4, 0.5) is 0 Å². The first-order valence-electron chi connectivity index (χ1n) is 5.63. The minimum absolute atomic E-state index is 0.0136. The molecule has 0 spiro atoms. The Morgan fingerprint density at radius 3 is 2.78 bits per heavy atom. The van der Waals surface area contributed by atoms with E-state index in [0.29, 0.717) is 11.7 Å². The lowest BCUT2D eigenvalue weighted by atomic mass is 10.2. The predicted octanol–water partition coefficient (Wildman–Crippen LogP) is 0.916. The van der Waals surface area contributed by atoms with Gasteiger partial charge in [-0.3, -0.25) is 4.79 Å². The number of amides is 1. The van der Waals surface area contributed by atoms with Gasteiger partial charge in [0.15, 0.2) is 5.69 Å². The zero-order valence-corrected chi connectivity index (χ0v) is 11.0. The molecule has 18 heavy (non-hydrogen) atoms. The van der Waals surface area contributed by atoms with E-state index >= 15 is 0 Å². The second-order valence-electron chi connectivity index (χ2n) is 4.42. The van der Waals surface area contributed by atoms with Crippen molar-refractivity contribution >= 4 is 35.4 Å². The van der Waals surface area contributed by atoms with Crippen LogP contribution in [-0.2, 0) is 4.79 Å². The highest BCUT2D eigenvalue weighted by Crippen LogP contribution is 2.45. The highest BCUT2D eigenvalue weighted by Gasteiger charge is 2.48. The number of carbonyl (C=O) groups is 2. The number of hydrogen-bond donors (Lipinski definition) is 1. The van der Waals surface area contributed by atoms with Crippen molar-refractivity contribution in [3.05, 3.63) is 11.9 Å². The summed E-state index contributed by atoms with van der Waals surface area (Å²) >= 11 is 2.52. The summed E-state index contributed by atoms with van der Waals surface area (Å²) in [6.45, 7) is 0. The fraction of sp³-hybridized carbons (Fsp3) is 0.600. The van der Waals surface area contributed by atoms with Gasteiger partial charge in [0.25, 0.3) is 5.91 Å². The molecule has 2 fully saturated rings. The van der Waals surface area contributed by atoms with Gasteiger partial charge in [0.2, 0.25) is 0 Å². The Bertz CT molecular complexity index is 475. The Morgan fingerprint density at radius 1 is 1.44 bits per heavy atom. The standard InChI is InChI=1S/C10H11N3O3S2/c14-8(6-3-11-18-12-6)13-7(10(15)16)4-17-9(13)5-1-2-5/h3,5,7,9H,1-2,4H2,(H,15,16). The van der Waals surface area contributed by atoms with Crippen molar-refractivity contribution in [1.29, 1.82) is 0 Å². The maximum atomic E-state index is 12.3. The summed E-state index contributed by atoms with van der Waals surface area (Å²) in [4.78, 5) is 25.0. The number of carbonyl (C=O) groups excluding carboxylic acids is 1. The average Bonchev–Trinajstić information content (AvgIpc) is 2.91. The number of thioether (sulfide) groups is 1. The highest BCUT2D eigenvalue weighted by atomic mass is 32.2. The summed E-state index contributed by atoms with van der Waals surface area (Å²) in [7, 11) is 0. The van der Waals surface area contributed by atoms with Gasteiger partial charge in [-0.2, -0.15) is 8.75 Å². The van der Waals surface area contributed by atoms with Crippen LogP contribution in [0.3, 0.4) is 0 Å². The quantitative estimate of drug-likeness (QED) is 0.889. The molecule has 0 radical (unpaired) electrons. The summed E-state index contributed by atoms with van der Waals surface area (Å²) in [5, 5.41) is 9.20. The van der Waals surface area contributed by atoms with Crippen molar-refractivity contribution in [2.24, 2.45) is 5.92 Å². The summed E-state index contributed by atoms with van der Waals surface area (Å²) in [6, 6.07) is -0.741. The van der Waals surface area contributed by atoms with Crippen molar-refractivity contribution in [3.63, 3.8) is 0 Å². The SMILES string of the molecule is O=C(O)C1CSC(C2CC2)N1C(=O)c1cnsn1. The Balaban J connectivity index is 1.88. The monoisotopic (exact) mass is 285 g/mol. The summed E-state index contributed by atoms with van der Waals surface area (Å²) in [5.74, 6) is -0.352. The van der Waals surface area contributed by atoms with Gasteiger partial charge in [-0.25, -0.2) is 4.79 Å². The second kappa shape index (κ2) is 4.51. The van der Waals surface area contributed by atoms with E-state index < -0.39 is 12.0 Å². The van der Waals surface area contributed by atoms with Crippen molar-refractivity contribution in [1.82, 2.24) is 13.6 Å². The van der Waals surface area contributed by atoms with Crippen molar-refractivity contribution in [2.45, 2.75) is 24.3 Å². The average molecular weight is 285 g/mol. The molecular weight excluding hydrogens is 274 g/mol. The van der Waals surface area contributed by atoms with Gasteiger partial charge in [-0.15, -0.1) is 11.8 Å². The summed E-state index contributed by atoms with van der Waals surface area (Å²) in [6.07, 6.45) is 3.55. The van der Waals surface area contributed by atoms with E-state index in [1.54, 1.807) is 11.8 Å². The van der Waals surface area contributed by atoms with Gasteiger partial charge in [0.05, 0.1) is 23.3 Å². The molecule has 1 aromatic heterocycles. The van der Waals surface area contributed by atoms with E-state index in [1.807, 2.05) is 0 Å². The van der Waals surface area contributed by atoms with Crippen LogP contribution in [-0.4, -0.2) is 47.8 Å². The van der Waals surface area contributed by atoms with Gasteiger partial charge in [0, 0.05) is 5.75 Å². The third-order valence-corrected chi connectivity index (χ3v) is 5.10. The van der Waals surface area contributed by atoms with Gasteiger partial charge in [-0.05, 0) is 18.8 Å². The van der Waals surface area contributed by atoms with Crippen LogP contribution in [0.1, 0.15) is 23.3 Å². The van der Waals surface area contributed by atoms with Gasteiger partial charge >= 0.3 is 5.97 Å². The first-order valence-corrected chi connectivity index (χ1v) is 7.41. The number of nitrogens with zero attached hydrogens (tertiary/aromatic N) is 3. The first-order chi connectivity index (χ1) is 8.68. The number of hydrogen-bond acceptors (Lipinski definition) is 6. The Hall–Kier alpha value is -1.15. The fourth-order valence-electron chi connectivity index (χ4n) is 2.11. The maximum Gasteiger partial charge on any atom is 0.327 e. The molecule has 3 rings (SSSR count). The van der Waals surface area contributed by atoms with E-state index in [9.17, 15) is 14.7 Å². The summed E-state index contributed by atoms with van der Waals surface area (Å²) in [5.41, 5.74) is 0.249. The molecule has 2 unspecified atom stereocenters. The normalized spacial score (nSPS) is 27.4. The molecular formula is C10H11N3O3S2. The molecule has 2 atom stereocenters. The molecule has 0 aromatic carbocycles. The number of aliphatic carboxylic acids is 1. The molecule has 2 aliphatic rings. The number of aromatic nitrogens is 2. The molecule has 2 heterocycles. The van der Waals surface area contributed by atoms with Crippen LogP contribution in [0.5, 0.6) is 0 Å². The van der Waals surface area contributed by atoms with Gasteiger partial charge in [-0.1, -0.05) is 0 Å². The molecule has 1 N–H and O–H groups in total. The van der Waals surface area contributed by atoms with Crippen LogP contribution in [0.15, 0.2) is 6.20 Å². The molecule has 6 nitrogen and oxygen atoms in total. The smallest absolute Gasteiger partial charge is 0.327 e. The van der Waals surface area contributed by atoms with Crippen LogP contribution in [0.2, 0.25) is 0 Å². The third kappa shape index (κ3) is 1.99. The zero-order valence-electron chi connectivity index (χ0n) is 9.35. The first kappa shape index (κ1) is 11.9. The Kier molecular flexibility index (Phi) is 2.98. The molecule has 8 heteroatoms. The molecule has 0 bridgehead atoms. The second-order valence-corrected chi connectivity index (χ2v) is 6.13. The van der Waals surface area contributed by atoms with E-state index in [2.05, 4.69) is 8.75 Å². The van der Waals surface area contributed by atoms with E-state index in [-0.39, 0.29) is 17.0 Å². The summed E-state index contributed by atoms with van der Waals surface area (Å²) < 4.78 is 7.70. The lowest BCUT2D eigenvalue weighted by Crippen LogP contribution is -2.46. The highest BCUT2D eigenvalue weighted by molar-refractivity contribution is 8.00. The van der Waals surface area contributed by atoms with Crippen LogP contribution in [0, 0.1) is 5.92 Å². The van der Waals surface area contributed by atoms with Crippen molar-refractivity contribution in [2.75, 3.05) is 5.75 Å². The molecule has 1 aromatic rings. The molecule has 1 aliphatic heterocycles. The minimum atomic E-state index is -0.942. The molecule has 96 valence electrons. The lowest BCUT2D eigenvalue weighted by Gasteiger charge is -2.26. The van der Waals surface area contributed by atoms with Gasteiger partial charge in [0.1, 0.15) is 6.04 Å². The molecule has 1 saturated carbocycles.